The van der Waals surface area contributed by atoms with Crippen LogP contribution in [-0.2, 0) is 6.54 Å². The molecule has 20 heavy (non-hydrogen) atoms. The monoisotopic (exact) mass is 285 g/mol. The topological polar surface area (TPSA) is 57.0 Å². The molecule has 2 aromatic rings. The van der Waals surface area contributed by atoms with Crippen LogP contribution >= 0.6 is 11.6 Å². The Morgan fingerprint density at radius 2 is 2.05 bits per heavy atom. The third-order valence-electron chi connectivity index (χ3n) is 2.74. The van der Waals surface area contributed by atoms with Gasteiger partial charge in [-0.15, -0.1) is 0 Å². The molecule has 1 heterocycles. The lowest BCUT2D eigenvalue weighted by Crippen LogP contribution is -2.31. The second-order valence-electron chi connectivity index (χ2n) is 4.17. The summed E-state index contributed by atoms with van der Waals surface area (Å²) < 4.78 is 0. The van der Waals surface area contributed by atoms with Crippen LogP contribution in [0.2, 0.25) is 5.15 Å². The molecule has 0 saturated carbocycles. The van der Waals surface area contributed by atoms with Gasteiger partial charge in [-0.2, -0.15) is 5.26 Å². The summed E-state index contributed by atoms with van der Waals surface area (Å²) in [5, 5.41) is 9.14. The minimum atomic E-state index is -0.236. The fraction of sp³-hybridized carbons (Fsp3) is 0.133. The lowest BCUT2D eigenvalue weighted by Gasteiger charge is -2.19. The molecule has 0 N–H and O–H groups in total. The van der Waals surface area contributed by atoms with Gasteiger partial charge in [0.1, 0.15) is 11.7 Å². The lowest BCUT2D eigenvalue weighted by atomic mass is 10.2. The maximum absolute atomic E-state index is 12.4. The van der Waals surface area contributed by atoms with Gasteiger partial charge in [0.2, 0.25) is 0 Å². The molecule has 100 valence electrons. The van der Waals surface area contributed by atoms with E-state index >= 15 is 0 Å². The predicted octanol–water partition coefficient (Wildman–Crippen LogP) is 2.90. The highest BCUT2D eigenvalue weighted by molar-refractivity contribution is 6.29. The molecule has 0 aliphatic rings. The van der Waals surface area contributed by atoms with Gasteiger partial charge < -0.3 is 4.90 Å². The summed E-state index contributed by atoms with van der Waals surface area (Å²) in [4.78, 5) is 17.7. The van der Waals surface area contributed by atoms with Crippen LogP contribution < -0.4 is 0 Å². The lowest BCUT2D eigenvalue weighted by molar-refractivity contribution is 0.0765. The third-order valence-corrected chi connectivity index (χ3v) is 2.95. The van der Waals surface area contributed by atoms with Crippen molar-refractivity contribution >= 4 is 17.5 Å². The zero-order chi connectivity index (χ0) is 14.4. The largest absolute Gasteiger partial charge is 0.321 e. The van der Waals surface area contributed by atoms with Crippen molar-refractivity contribution < 1.29 is 4.79 Å². The second-order valence-corrected chi connectivity index (χ2v) is 4.56. The molecular formula is C15H12ClN3O. The molecule has 1 aromatic carbocycles. The van der Waals surface area contributed by atoms with E-state index in [4.69, 9.17) is 16.9 Å². The van der Waals surface area contributed by atoms with Crippen LogP contribution in [0.15, 0.2) is 48.7 Å². The first-order valence-electron chi connectivity index (χ1n) is 6.02. The predicted molar refractivity (Wildman–Crippen MR) is 76.0 cm³/mol. The van der Waals surface area contributed by atoms with Crippen LogP contribution in [0, 0.1) is 11.3 Å². The van der Waals surface area contributed by atoms with Gasteiger partial charge >= 0.3 is 0 Å². The molecule has 0 aliphatic carbocycles. The fourth-order valence-corrected chi connectivity index (χ4v) is 1.98. The summed E-state index contributed by atoms with van der Waals surface area (Å²) in [5.74, 6) is -0.236. The van der Waals surface area contributed by atoms with Gasteiger partial charge in [0.05, 0.1) is 6.07 Å². The standard InChI is InChI=1S/C15H12ClN3O/c16-14-10-13(6-8-18-14)15(20)19(9-7-17)11-12-4-2-1-3-5-12/h1-6,8,10H,9,11H2. The number of benzene rings is 1. The van der Waals surface area contributed by atoms with Crippen LogP contribution in [0.1, 0.15) is 15.9 Å². The zero-order valence-corrected chi connectivity index (χ0v) is 11.4. The van der Waals surface area contributed by atoms with Crippen molar-refractivity contribution in [1.82, 2.24) is 9.88 Å². The van der Waals surface area contributed by atoms with Crippen molar-refractivity contribution in [3.63, 3.8) is 0 Å². The van der Waals surface area contributed by atoms with Crippen molar-refractivity contribution in [1.29, 1.82) is 5.26 Å². The van der Waals surface area contributed by atoms with Crippen LogP contribution in [-0.4, -0.2) is 22.3 Å². The maximum atomic E-state index is 12.4. The molecule has 1 amide bonds. The van der Waals surface area contributed by atoms with Gasteiger partial charge in [-0.1, -0.05) is 41.9 Å². The minimum Gasteiger partial charge on any atom is -0.321 e. The van der Waals surface area contributed by atoms with Crippen molar-refractivity contribution in [2.24, 2.45) is 0 Å². The average molecular weight is 286 g/mol. The molecule has 5 heteroatoms. The Labute approximate surface area is 122 Å². The first-order chi connectivity index (χ1) is 9.70. The zero-order valence-electron chi connectivity index (χ0n) is 10.7. The summed E-state index contributed by atoms with van der Waals surface area (Å²) in [7, 11) is 0. The van der Waals surface area contributed by atoms with Gasteiger partial charge in [0.25, 0.3) is 5.91 Å². The number of pyridine rings is 1. The highest BCUT2D eigenvalue weighted by Crippen LogP contribution is 2.12. The minimum absolute atomic E-state index is 0.0215. The number of nitrogens with zero attached hydrogens (tertiary/aromatic N) is 3. The number of hydrogen-bond donors (Lipinski definition) is 0. The van der Waals surface area contributed by atoms with E-state index in [1.165, 1.54) is 17.2 Å². The number of halogens is 1. The van der Waals surface area contributed by atoms with Gasteiger partial charge in [-0.25, -0.2) is 4.98 Å². The van der Waals surface area contributed by atoms with Gasteiger partial charge in [-0.05, 0) is 17.7 Å². The number of carbonyl (C=O) groups is 1. The molecule has 0 aliphatic heterocycles. The van der Waals surface area contributed by atoms with E-state index in [0.29, 0.717) is 12.1 Å². The van der Waals surface area contributed by atoms with E-state index in [1.54, 1.807) is 6.07 Å². The van der Waals surface area contributed by atoms with Crippen molar-refractivity contribution in [3.05, 3.63) is 64.9 Å². The average Bonchev–Trinajstić information content (AvgIpc) is 2.47. The first kappa shape index (κ1) is 14.0. The number of rotatable bonds is 4. The van der Waals surface area contributed by atoms with Crippen LogP contribution in [0.4, 0.5) is 0 Å². The molecule has 0 atom stereocenters. The summed E-state index contributed by atoms with van der Waals surface area (Å²) >= 11 is 5.78. The Bertz CT molecular complexity index is 637. The van der Waals surface area contributed by atoms with Crippen LogP contribution in [0.5, 0.6) is 0 Å². The number of nitriles is 1. The molecule has 0 saturated heterocycles. The highest BCUT2D eigenvalue weighted by Gasteiger charge is 2.16. The van der Waals surface area contributed by atoms with E-state index in [0.717, 1.165) is 5.56 Å². The molecule has 4 nitrogen and oxygen atoms in total. The SMILES string of the molecule is N#CCN(Cc1ccccc1)C(=O)c1ccnc(Cl)c1. The number of hydrogen-bond acceptors (Lipinski definition) is 3. The Morgan fingerprint density at radius 3 is 2.70 bits per heavy atom. The molecule has 0 bridgehead atoms. The molecule has 0 fully saturated rings. The van der Waals surface area contributed by atoms with E-state index in [-0.39, 0.29) is 17.6 Å². The van der Waals surface area contributed by atoms with E-state index in [1.807, 2.05) is 36.4 Å². The van der Waals surface area contributed by atoms with Gasteiger partial charge in [0, 0.05) is 18.3 Å². The van der Waals surface area contributed by atoms with Crippen LogP contribution in [0.3, 0.4) is 0 Å². The molecule has 0 unspecified atom stereocenters. The molecule has 2 rings (SSSR count). The van der Waals surface area contributed by atoms with Crippen molar-refractivity contribution in [3.8, 4) is 6.07 Å². The van der Waals surface area contributed by atoms with Crippen molar-refractivity contribution in [2.45, 2.75) is 6.54 Å². The number of carbonyl (C=O) groups excluding carboxylic acids is 1. The van der Waals surface area contributed by atoms with E-state index in [9.17, 15) is 4.79 Å². The smallest absolute Gasteiger partial charge is 0.255 e. The summed E-state index contributed by atoms with van der Waals surface area (Å²) in [6.45, 7) is 0.404. The molecule has 0 spiro atoms. The first-order valence-corrected chi connectivity index (χ1v) is 6.40. The summed E-state index contributed by atoms with van der Waals surface area (Å²) in [6.07, 6.45) is 1.47. The Hall–Kier alpha value is -2.38. The Morgan fingerprint density at radius 1 is 1.30 bits per heavy atom. The summed E-state index contributed by atoms with van der Waals surface area (Å²) in [6, 6.07) is 14.6. The number of aromatic nitrogens is 1. The maximum Gasteiger partial charge on any atom is 0.255 e. The highest BCUT2D eigenvalue weighted by atomic mass is 35.5. The van der Waals surface area contributed by atoms with Gasteiger partial charge in [0.15, 0.2) is 0 Å². The Kier molecular flexibility index (Phi) is 4.70. The quantitative estimate of drug-likeness (QED) is 0.641. The Balaban J connectivity index is 2.20. The third kappa shape index (κ3) is 3.56. The second kappa shape index (κ2) is 6.69. The number of amides is 1. The molecular weight excluding hydrogens is 274 g/mol. The normalized spacial score (nSPS) is 9.80. The van der Waals surface area contributed by atoms with Crippen LogP contribution in [0.25, 0.3) is 0 Å². The summed E-state index contributed by atoms with van der Waals surface area (Å²) in [5.41, 5.74) is 1.40. The molecule has 1 aromatic heterocycles. The van der Waals surface area contributed by atoms with E-state index in [2.05, 4.69) is 4.98 Å². The fourth-order valence-electron chi connectivity index (χ4n) is 1.81. The van der Waals surface area contributed by atoms with Gasteiger partial charge in [-0.3, -0.25) is 4.79 Å². The molecule has 0 radical (unpaired) electrons. The van der Waals surface area contributed by atoms with E-state index < -0.39 is 0 Å². The van der Waals surface area contributed by atoms with Crippen molar-refractivity contribution in [2.75, 3.05) is 6.54 Å².